The molecule has 0 atom stereocenters. The molecule has 3 aromatic rings. The SMILES string of the molecule is O=[N+]([O-])c1ccc(-c2nnc(-c3ccc(Cl)cc3)o2)o1. The number of benzene rings is 1. The first-order valence-electron chi connectivity index (χ1n) is 5.47. The van der Waals surface area contributed by atoms with Crippen LogP contribution in [0, 0.1) is 10.1 Å². The van der Waals surface area contributed by atoms with Crippen molar-refractivity contribution in [1.82, 2.24) is 10.2 Å². The van der Waals surface area contributed by atoms with Crippen LogP contribution in [0.5, 0.6) is 0 Å². The van der Waals surface area contributed by atoms with Gasteiger partial charge >= 0.3 is 5.88 Å². The van der Waals surface area contributed by atoms with Crippen molar-refractivity contribution in [1.29, 1.82) is 0 Å². The molecule has 0 bridgehead atoms. The molecule has 0 aliphatic carbocycles. The summed E-state index contributed by atoms with van der Waals surface area (Å²) in [7, 11) is 0. The van der Waals surface area contributed by atoms with E-state index >= 15 is 0 Å². The Morgan fingerprint density at radius 3 is 2.35 bits per heavy atom. The molecule has 0 aliphatic heterocycles. The normalized spacial score (nSPS) is 10.7. The largest absolute Gasteiger partial charge is 0.433 e. The van der Waals surface area contributed by atoms with E-state index < -0.39 is 4.92 Å². The fraction of sp³-hybridized carbons (Fsp3) is 0. The number of aromatic nitrogens is 2. The number of hydrogen-bond acceptors (Lipinski definition) is 6. The highest BCUT2D eigenvalue weighted by molar-refractivity contribution is 6.30. The molecule has 0 saturated carbocycles. The average Bonchev–Trinajstić information content (AvgIpc) is 3.08. The van der Waals surface area contributed by atoms with Crippen LogP contribution in [-0.2, 0) is 0 Å². The van der Waals surface area contributed by atoms with Crippen molar-refractivity contribution in [2.24, 2.45) is 0 Å². The summed E-state index contributed by atoms with van der Waals surface area (Å²) in [6.45, 7) is 0. The second kappa shape index (κ2) is 4.78. The molecular weight excluding hydrogens is 286 g/mol. The summed E-state index contributed by atoms with van der Waals surface area (Å²) in [4.78, 5) is 9.90. The number of halogens is 1. The third-order valence-electron chi connectivity index (χ3n) is 2.50. The van der Waals surface area contributed by atoms with Gasteiger partial charge in [-0.3, -0.25) is 10.1 Å². The van der Waals surface area contributed by atoms with E-state index in [-0.39, 0.29) is 23.4 Å². The van der Waals surface area contributed by atoms with Crippen LogP contribution < -0.4 is 0 Å². The zero-order valence-corrected chi connectivity index (χ0v) is 10.6. The number of nitrogens with zero attached hydrogens (tertiary/aromatic N) is 3. The quantitative estimate of drug-likeness (QED) is 0.541. The third-order valence-corrected chi connectivity index (χ3v) is 2.75. The van der Waals surface area contributed by atoms with Gasteiger partial charge in [-0.1, -0.05) is 11.6 Å². The van der Waals surface area contributed by atoms with Gasteiger partial charge in [0.05, 0.1) is 6.07 Å². The van der Waals surface area contributed by atoms with Gasteiger partial charge in [0.15, 0.2) is 5.76 Å². The zero-order valence-electron chi connectivity index (χ0n) is 9.82. The fourth-order valence-corrected chi connectivity index (χ4v) is 1.70. The summed E-state index contributed by atoms with van der Waals surface area (Å²) in [5.41, 5.74) is 0.689. The lowest BCUT2D eigenvalue weighted by molar-refractivity contribution is -0.401. The first-order chi connectivity index (χ1) is 9.63. The van der Waals surface area contributed by atoms with Crippen LogP contribution in [0.15, 0.2) is 45.2 Å². The summed E-state index contributed by atoms with van der Waals surface area (Å²) in [6, 6.07) is 9.46. The van der Waals surface area contributed by atoms with E-state index in [0.717, 1.165) is 0 Å². The smallest absolute Gasteiger partial charge is 0.413 e. The molecule has 100 valence electrons. The van der Waals surface area contributed by atoms with Crippen molar-refractivity contribution in [2.45, 2.75) is 0 Å². The van der Waals surface area contributed by atoms with Crippen LogP contribution in [0.2, 0.25) is 5.02 Å². The van der Waals surface area contributed by atoms with Crippen LogP contribution in [0.25, 0.3) is 23.1 Å². The molecule has 8 heteroatoms. The Morgan fingerprint density at radius 1 is 1.00 bits per heavy atom. The number of hydrogen-bond donors (Lipinski definition) is 0. The lowest BCUT2D eigenvalue weighted by atomic mass is 10.2. The van der Waals surface area contributed by atoms with Crippen LogP contribution in [0.3, 0.4) is 0 Å². The van der Waals surface area contributed by atoms with Gasteiger partial charge in [-0.2, -0.15) is 0 Å². The fourth-order valence-electron chi connectivity index (χ4n) is 1.57. The predicted octanol–water partition coefficient (Wildman–Crippen LogP) is 3.56. The Balaban J connectivity index is 1.93. The van der Waals surface area contributed by atoms with E-state index in [1.165, 1.54) is 12.1 Å². The Bertz CT molecular complexity index is 763. The van der Waals surface area contributed by atoms with Gasteiger partial charge in [0.1, 0.15) is 4.92 Å². The molecule has 0 aliphatic rings. The van der Waals surface area contributed by atoms with Crippen molar-refractivity contribution in [3.05, 3.63) is 51.5 Å². The molecule has 0 unspecified atom stereocenters. The molecule has 0 amide bonds. The molecule has 0 spiro atoms. The topological polar surface area (TPSA) is 95.2 Å². The van der Waals surface area contributed by atoms with Gasteiger partial charge < -0.3 is 8.83 Å². The van der Waals surface area contributed by atoms with Crippen molar-refractivity contribution >= 4 is 17.5 Å². The molecule has 0 radical (unpaired) electrons. The molecule has 2 aromatic heterocycles. The van der Waals surface area contributed by atoms with E-state index in [4.69, 9.17) is 20.4 Å². The monoisotopic (exact) mass is 291 g/mol. The molecule has 2 heterocycles. The Morgan fingerprint density at radius 2 is 1.70 bits per heavy atom. The van der Waals surface area contributed by atoms with Crippen LogP contribution in [-0.4, -0.2) is 15.1 Å². The van der Waals surface area contributed by atoms with Gasteiger partial charge in [0, 0.05) is 10.6 Å². The van der Waals surface area contributed by atoms with Gasteiger partial charge in [-0.05, 0) is 30.3 Å². The molecular formula is C12H6ClN3O4. The van der Waals surface area contributed by atoms with E-state index in [9.17, 15) is 10.1 Å². The Kier molecular flexibility index (Phi) is 2.96. The third kappa shape index (κ3) is 2.26. The Labute approximate surface area is 116 Å². The lowest BCUT2D eigenvalue weighted by Gasteiger charge is -1.93. The van der Waals surface area contributed by atoms with Crippen molar-refractivity contribution in [3.8, 4) is 23.1 Å². The summed E-state index contributed by atoms with van der Waals surface area (Å²) in [6.07, 6.45) is 0. The minimum atomic E-state index is -0.639. The Hall–Kier alpha value is -2.67. The molecule has 0 saturated heterocycles. The summed E-state index contributed by atoms with van der Waals surface area (Å²) < 4.78 is 10.4. The summed E-state index contributed by atoms with van der Waals surface area (Å²) >= 11 is 5.79. The van der Waals surface area contributed by atoms with Crippen molar-refractivity contribution < 1.29 is 13.8 Å². The molecule has 0 fully saturated rings. The summed E-state index contributed by atoms with van der Waals surface area (Å²) in [5, 5.41) is 18.8. The molecule has 1 aromatic carbocycles. The number of furan rings is 1. The molecule has 0 N–H and O–H groups in total. The maximum atomic E-state index is 10.5. The van der Waals surface area contributed by atoms with Crippen molar-refractivity contribution in [2.75, 3.05) is 0 Å². The van der Waals surface area contributed by atoms with Crippen LogP contribution in [0.1, 0.15) is 0 Å². The predicted molar refractivity (Wildman–Crippen MR) is 69.1 cm³/mol. The van der Waals surface area contributed by atoms with Crippen LogP contribution in [0.4, 0.5) is 5.88 Å². The minimum Gasteiger partial charge on any atom is -0.413 e. The van der Waals surface area contributed by atoms with Gasteiger partial charge in [0.2, 0.25) is 5.89 Å². The highest BCUT2D eigenvalue weighted by atomic mass is 35.5. The first kappa shape index (κ1) is 12.4. The second-order valence-electron chi connectivity index (χ2n) is 3.81. The highest BCUT2D eigenvalue weighted by Gasteiger charge is 2.18. The standard InChI is InChI=1S/C12H6ClN3O4/c13-8-3-1-7(2-4-8)11-14-15-12(20-11)9-5-6-10(19-9)16(17)18/h1-6H. The summed E-state index contributed by atoms with van der Waals surface area (Å²) in [5.74, 6) is 0.106. The van der Waals surface area contributed by atoms with Crippen LogP contribution >= 0.6 is 11.6 Å². The zero-order chi connectivity index (χ0) is 14.1. The lowest BCUT2D eigenvalue weighted by Crippen LogP contribution is -1.82. The number of nitro groups is 1. The molecule has 3 rings (SSSR count). The van der Waals surface area contributed by atoms with Gasteiger partial charge in [0.25, 0.3) is 5.89 Å². The molecule has 7 nitrogen and oxygen atoms in total. The van der Waals surface area contributed by atoms with Gasteiger partial charge in [-0.15, -0.1) is 10.2 Å². The first-order valence-corrected chi connectivity index (χ1v) is 5.85. The van der Waals surface area contributed by atoms with Gasteiger partial charge in [-0.25, -0.2) is 0 Å². The van der Waals surface area contributed by atoms with E-state index in [1.54, 1.807) is 24.3 Å². The molecule has 20 heavy (non-hydrogen) atoms. The maximum absolute atomic E-state index is 10.5. The maximum Gasteiger partial charge on any atom is 0.433 e. The van der Waals surface area contributed by atoms with E-state index in [2.05, 4.69) is 10.2 Å². The second-order valence-corrected chi connectivity index (χ2v) is 4.25. The average molecular weight is 292 g/mol. The minimum absolute atomic E-state index is 0.0723. The highest BCUT2D eigenvalue weighted by Crippen LogP contribution is 2.28. The van der Waals surface area contributed by atoms with E-state index in [1.807, 2.05) is 0 Å². The van der Waals surface area contributed by atoms with E-state index in [0.29, 0.717) is 10.6 Å². The number of rotatable bonds is 3. The van der Waals surface area contributed by atoms with Crippen molar-refractivity contribution in [3.63, 3.8) is 0 Å².